The van der Waals surface area contributed by atoms with Crippen LogP contribution in [0.4, 0.5) is 0 Å². The Morgan fingerprint density at radius 1 is 0.846 bits per heavy atom. The number of unbranched alkanes of at least 4 members (excludes halogenated alkanes) is 8. The molecule has 0 aromatic heterocycles. The van der Waals surface area contributed by atoms with Gasteiger partial charge in [0.25, 0.3) is 0 Å². The van der Waals surface area contributed by atoms with E-state index in [-0.39, 0.29) is 18.0 Å². The van der Waals surface area contributed by atoms with E-state index in [2.05, 4.69) is 6.92 Å². The van der Waals surface area contributed by atoms with Crippen molar-refractivity contribution in [2.75, 3.05) is 6.61 Å². The van der Waals surface area contributed by atoms with Crippen molar-refractivity contribution in [3.8, 4) is 0 Å². The van der Waals surface area contributed by atoms with Crippen LogP contribution in [-0.2, 0) is 19.1 Å². The molecule has 26 heavy (non-hydrogen) atoms. The van der Waals surface area contributed by atoms with E-state index in [9.17, 15) is 9.59 Å². The van der Waals surface area contributed by atoms with Gasteiger partial charge in [0.05, 0.1) is 24.5 Å². The lowest BCUT2D eigenvalue weighted by Gasteiger charge is -2.26. The van der Waals surface area contributed by atoms with Crippen LogP contribution < -0.4 is 0 Å². The van der Waals surface area contributed by atoms with Gasteiger partial charge in [0.1, 0.15) is 0 Å². The highest BCUT2D eigenvalue weighted by Crippen LogP contribution is 2.28. The van der Waals surface area contributed by atoms with Crippen molar-refractivity contribution < 1.29 is 19.1 Å². The van der Waals surface area contributed by atoms with Gasteiger partial charge in [-0.25, -0.2) is 0 Å². The minimum absolute atomic E-state index is 0.160. The second-order valence-electron chi connectivity index (χ2n) is 7.64. The van der Waals surface area contributed by atoms with Crippen LogP contribution in [-0.4, -0.2) is 24.6 Å². The number of ether oxygens (including phenoxy) is 2. The molecule has 0 fully saturated rings. The Hall–Kier alpha value is -1.32. The first kappa shape index (κ1) is 22.7. The fourth-order valence-corrected chi connectivity index (χ4v) is 3.35. The van der Waals surface area contributed by atoms with Crippen molar-refractivity contribution >= 4 is 11.9 Å². The Bertz CT molecular complexity index is 428. The summed E-state index contributed by atoms with van der Waals surface area (Å²) < 4.78 is 10.7. The Morgan fingerprint density at radius 3 is 1.88 bits per heavy atom. The minimum atomic E-state index is -0.405. The zero-order valence-electron chi connectivity index (χ0n) is 17.0. The summed E-state index contributed by atoms with van der Waals surface area (Å²) in [5, 5.41) is 0. The first-order valence-electron chi connectivity index (χ1n) is 10.6. The first-order valence-corrected chi connectivity index (χ1v) is 10.6. The van der Waals surface area contributed by atoms with Gasteiger partial charge in [0, 0.05) is 0 Å². The van der Waals surface area contributed by atoms with Gasteiger partial charge in [-0.05, 0) is 33.1 Å². The van der Waals surface area contributed by atoms with Crippen LogP contribution in [0.15, 0.2) is 12.2 Å². The third kappa shape index (κ3) is 9.40. The number of rotatable bonds is 13. The van der Waals surface area contributed by atoms with E-state index in [1.54, 1.807) is 0 Å². The molecule has 0 aromatic carbocycles. The second kappa shape index (κ2) is 13.8. The predicted molar refractivity (Wildman–Crippen MR) is 105 cm³/mol. The van der Waals surface area contributed by atoms with Gasteiger partial charge in [-0.15, -0.1) is 0 Å². The Kier molecular flexibility index (Phi) is 12.1. The maximum atomic E-state index is 12.4. The summed E-state index contributed by atoms with van der Waals surface area (Å²) in [4.78, 5) is 24.6. The van der Waals surface area contributed by atoms with Gasteiger partial charge in [-0.1, -0.05) is 70.4 Å². The summed E-state index contributed by atoms with van der Waals surface area (Å²) in [6.45, 7) is 6.35. The molecule has 0 aliphatic heterocycles. The monoisotopic (exact) mass is 366 g/mol. The number of allylic oxidation sites excluding steroid dienone is 2. The zero-order chi connectivity index (χ0) is 19.2. The largest absolute Gasteiger partial charge is 0.465 e. The maximum absolute atomic E-state index is 12.4. The molecule has 1 aliphatic carbocycles. The van der Waals surface area contributed by atoms with Gasteiger partial charge < -0.3 is 9.47 Å². The molecule has 1 aliphatic rings. The van der Waals surface area contributed by atoms with E-state index in [1.165, 1.54) is 44.9 Å². The lowest BCUT2D eigenvalue weighted by Crippen LogP contribution is -2.34. The Labute approximate surface area is 159 Å². The molecular weight excluding hydrogens is 328 g/mol. The van der Waals surface area contributed by atoms with Crippen molar-refractivity contribution in [1.82, 2.24) is 0 Å². The van der Waals surface area contributed by atoms with E-state index in [0.717, 1.165) is 12.8 Å². The van der Waals surface area contributed by atoms with Crippen LogP contribution >= 0.6 is 0 Å². The maximum Gasteiger partial charge on any atom is 0.310 e. The van der Waals surface area contributed by atoms with Crippen molar-refractivity contribution in [3.63, 3.8) is 0 Å². The van der Waals surface area contributed by atoms with E-state index in [1.807, 2.05) is 26.0 Å². The first-order chi connectivity index (χ1) is 12.6. The van der Waals surface area contributed by atoms with E-state index < -0.39 is 11.8 Å². The average Bonchev–Trinajstić information content (AvgIpc) is 2.62. The second-order valence-corrected chi connectivity index (χ2v) is 7.64. The number of hydrogen-bond acceptors (Lipinski definition) is 4. The molecule has 0 saturated heterocycles. The molecule has 0 aromatic rings. The highest BCUT2D eigenvalue weighted by molar-refractivity contribution is 5.82. The third-order valence-corrected chi connectivity index (χ3v) is 4.88. The SMILES string of the molecule is CCCCCCCCCCCOC(=O)C1CC=CCC1C(=O)OC(C)C. The smallest absolute Gasteiger partial charge is 0.310 e. The molecule has 0 saturated carbocycles. The van der Waals surface area contributed by atoms with Gasteiger partial charge in [-0.2, -0.15) is 0 Å². The molecule has 2 unspecified atom stereocenters. The van der Waals surface area contributed by atoms with Crippen LogP contribution in [0.5, 0.6) is 0 Å². The molecule has 1 rings (SSSR count). The highest BCUT2D eigenvalue weighted by atomic mass is 16.5. The number of esters is 2. The van der Waals surface area contributed by atoms with E-state index in [4.69, 9.17) is 9.47 Å². The predicted octanol–water partition coefficient (Wildman–Crippen LogP) is 5.59. The van der Waals surface area contributed by atoms with Crippen LogP contribution in [0.2, 0.25) is 0 Å². The normalized spacial score (nSPS) is 19.5. The van der Waals surface area contributed by atoms with E-state index >= 15 is 0 Å². The van der Waals surface area contributed by atoms with Crippen LogP contribution in [0, 0.1) is 11.8 Å². The molecule has 0 radical (unpaired) electrons. The fourth-order valence-electron chi connectivity index (χ4n) is 3.35. The Balaban J connectivity index is 2.18. The summed E-state index contributed by atoms with van der Waals surface area (Å²) >= 11 is 0. The lowest BCUT2D eigenvalue weighted by molar-refractivity contribution is -0.163. The third-order valence-electron chi connectivity index (χ3n) is 4.88. The zero-order valence-corrected chi connectivity index (χ0v) is 17.0. The number of carbonyl (C=O) groups is 2. The van der Waals surface area contributed by atoms with Crippen molar-refractivity contribution in [1.29, 1.82) is 0 Å². The molecule has 0 amide bonds. The molecule has 4 nitrogen and oxygen atoms in total. The van der Waals surface area contributed by atoms with Gasteiger partial charge in [-0.3, -0.25) is 9.59 Å². The number of carbonyl (C=O) groups excluding carboxylic acids is 2. The molecule has 0 N–H and O–H groups in total. The molecule has 0 heterocycles. The van der Waals surface area contributed by atoms with Crippen molar-refractivity contribution in [2.45, 2.75) is 97.5 Å². The molecule has 150 valence electrons. The average molecular weight is 367 g/mol. The summed E-state index contributed by atoms with van der Waals surface area (Å²) in [7, 11) is 0. The topological polar surface area (TPSA) is 52.6 Å². The minimum Gasteiger partial charge on any atom is -0.465 e. The standard InChI is InChI=1S/C22H38O4/c1-4-5-6-7-8-9-10-11-14-17-25-21(23)19-15-12-13-16-20(19)22(24)26-18(2)3/h12-13,18-20H,4-11,14-17H2,1-3H3. The van der Waals surface area contributed by atoms with Crippen LogP contribution in [0.1, 0.15) is 91.4 Å². The van der Waals surface area contributed by atoms with Gasteiger partial charge >= 0.3 is 11.9 Å². The molecular formula is C22H38O4. The summed E-state index contributed by atoms with van der Waals surface area (Å²) in [6, 6.07) is 0. The summed E-state index contributed by atoms with van der Waals surface area (Å²) in [5.41, 5.74) is 0. The highest BCUT2D eigenvalue weighted by Gasteiger charge is 2.36. The molecule has 2 atom stereocenters. The van der Waals surface area contributed by atoms with Crippen molar-refractivity contribution in [2.24, 2.45) is 11.8 Å². The number of hydrogen-bond donors (Lipinski definition) is 0. The lowest BCUT2D eigenvalue weighted by atomic mass is 9.83. The van der Waals surface area contributed by atoms with Crippen LogP contribution in [0.3, 0.4) is 0 Å². The molecule has 0 spiro atoms. The van der Waals surface area contributed by atoms with Crippen molar-refractivity contribution in [3.05, 3.63) is 12.2 Å². The fraction of sp³-hybridized carbons (Fsp3) is 0.818. The van der Waals surface area contributed by atoms with E-state index in [0.29, 0.717) is 19.4 Å². The quantitative estimate of drug-likeness (QED) is 0.242. The molecule has 4 heteroatoms. The molecule has 0 bridgehead atoms. The Morgan fingerprint density at radius 2 is 1.35 bits per heavy atom. The van der Waals surface area contributed by atoms with Crippen LogP contribution in [0.25, 0.3) is 0 Å². The van der Waals surface area contributed by atoms with Gasteiger partial charge in [0.15, 0.2) is 0 Å². The summed E-state index contributed by atoms with van der Waals surface area (Å²) in [5.74, 6) is -1.34. The summed E-state index contributed by atoms with van der Waals surface area (Å²) in [6.07, 6.45) is 16.0. The van der Waals surface area contributed by atoms with Gasteiger partial charge in [0.2, 0.25) is 0 Å².